The Balaban J connectivity index is 2.07. The lowest BCUT2D eigenvalue weighted by atomic mass is 10.1. The summed E-state index contributed by atoms with van der Waals surface area (Å²) in [6, 6.07) is 0.209. The number of hydrogen-bond acceptors (Lipinski definition) is 4. The number of aromatic nitrogens is 1. The van der Waals surface area contributed by atoms with Crippen LogP contribution in [0.5, 0.6) is 0 Å². The van der Waals surface area contributed by atoms with Crippen molar-refractivity contribution in [1.29, 1.82) is 0 Å². The van der Waals surface area contributed by atoms with E-state index in [1.165, 1.54) is 11.3 Å². The quantitative estimate of drug-likeness (QED) is 0.839. The molecule has 1 unspecified atom stereocenters. The molecule has 110 valence electrons. The van der Waals surface area contributed by atoms with Crippen molar-refractivity contribution in [3.05, 3.63) is 16.1 Å². The van der Waals surface area contributed by atoms with Crippen LogP contribution in [0.2, 0.25) is 0 Å². The summed E-state index contributed by atoms with van der Waals surface area (Å²) in [5.41, 5.74) is 0. The molecule has 6 heteroatoms. The van der Waals surface area contributed by atoms with Crippen molar-refractivity contribution in [2.24, 2.45) is 5.92 Å². The third kappa shape index (κ3) is 3.56. The van der Waals surface area contributed by atoms with E-state index in [9.17, 15) is 9.59 Å². The predicted octanol–water partition coefficient (Wildman–Crippen LogP) is 2.42. The number of hydrogen-bond donors (Lipinski definition) is 1. The lowest BCUT2D eigenvalue weighted by Gasteiger charge is -2.23. The lowest BCUT2D eigenvalue weighted by Crippen LogP contribution is -2.38. The monoisotopic (exact) mass is 296 g/mol. The van der Waals surface area contributed by atoms with Crippen molar-refractivity contribution >= 4 is 23.2 Å². The van der Waals surface area contributed by atoms with E-state index >= 15 is 0 Å². The van der Waals surface area contributed by atoms with Gasteiger partial charge in [-0.1, -0.05) is 13.8 Å². The van der Waals surface area contributed by atoms with Crippen LogP contribution in [0.15, 0.2) is 6.20 Å². The van der Waals surface area contributed by atoms with E-state index in [4.69, 9.17) is 5.11 Å². The maximum atomic E-state index is 12.5. The number of amides is 1. The van der Waals surface area contributed by atoms with Gasteiger partial charge in [0.25, 0.3) is 5.91 Å². The van der Waals surface area contributed by atoms with Crippen molar-refractivity contribution in [2.75, 3.05) is 6.54 Å². The molecule has 1 aliphatic rings. The second-order valence-electron chi connectivity index (χ2n) is 5.30. The van der Waals surface area contributed by atoms with Gasteiger partial charge in [0.1, 0.15) is 4.88 Å². The highest BCUT2D eigenvalue weighted by atomic mass is 32.1. The molecule has 0 aromatic carbocycles. The van der Waals surface area contributed by atoms with Gasteiger partial charge in [0.05, 0.1) is 17.1 Å². The van der Waals surface area contributed by atoms with Gasteiger partial charge in [-0.15, -0.1) is 11.3 Å². The molecule has 1 atom stereocenters. The summed E-state index contributed by atoms with van der Waals surface area (Å²) in [6.07, 6.45) is 5.45. The van der Waals surface area contributed by atoms with Crippen LogP contribution in [0.25, 0.3) is 0 Å². The maximum absolute atomic E-state index is 12.5. The van der Waals surface area contributed by atoms with Gasteiger partial charge in [-0.25, -0.2) is 4.98 Å². The summed E-state index contributed by atoms with van der Waals surface area (Å²) >= 11 is 1.42. The number of carboxylic acid groups (broad SMARTS) is 1. The van der Waals surface area contributed by atoms with Crippen LogP contribution in [-0.4, -0.2) is 39.5 Å². The molecular weight excluding hydrogens is 276 g/mol. The van der Waals surface area contributed by atoms with Gasteiger partial charge < -0.3 is 10.0 Å². The number of rotatable bonds is 7. The van der Waals surface area contributed by atoms with Gasteiger partial charge in [-0.2, -0.15) is 0 Å². The van der Waals surface area contributed by atoms with E-state index in [1.54, 1.807) is 18.0 Å². The molecule has 1 saturated carbocycles. The van der Waals surface area contributed by atoms with E-state index in [-0.39, 0.29) is 18.5 Å². The van der Waals surface area contributed by atoms with Gasteiger partial charge in [0, 0.05) is 12.6 Å². The maximum Gasteiger partial charge on any atom is 0.308 e. The van der Waals surface area contributed by atoms with Gasteiger partial charge in [-0.05, 0) is 25.7 Å². The number of thiazole rings is 1. The molecule has 1 aromatic heterocycles. The van der Waals surface area contributed by atoms with Crippen LogP contribution in [0.4, 0.5) is 0 Å². The highest BCUT2D eigenvalue weighted by molar-refractivity contribution is 7.13. The largest absolute Gasteiger partial charge is 0.481 e. The van der Waals surface area contributed by atoms with E-state index in [0.29, 0.717) is 4.88 Å². The molecular formula is C14H20N2O3S. The van der Waals surface area contributed by atoms with Crippen molar-refractivity contribution < 1.29 is 14.7 Å². The molecule has 0 spiro atoms. The van der Waals surface area contributed by atoms with Gasteiger partial charge in [-0.3, -0.25) is 9.59 Å². The molecule has 1 fully saturated rings. The van der Waals surface area contributed by atoms with Crippen LogP contribution < -0.4 is 0 Å². The molecule has 2 rings (SSSR count). The summed E-state index contributed by atoms with van der Waals surface area (Å²) < 4.78 is 0. The summed E-state index contributed by atoms with van der Waals surface area (Å²) in [5, 5.41) is 9.98. The number of carboxylic acids is 1. The molecule has 1 aromatic rings. The lowest BCUT2D eigenvalue weighted by molar-refractivity contribution is -0.141. The molecule has 0 bridgehead atoms. The summed E-state index contributed by atoms with van der Waals surface area (Å²) in [5.74, 6) is -1.47. The normalized spacial score (nSPS) is 15.9. The fraction of sp³-hybridized carbons (Fsp3) is 0.643. The second-order valence-corrected chi connectivity index (χ2v) is 6.41. The topological polar surface area (TPSA) is 70.5 Å². The molecule has 0 aliphatic heterocycles. The Kier molecular flexibility index (Phi) is 4.75. The molecule has 5 nitrogen and oxygen atoms in total. The zero-order valence-electron chi connectivity index (χ0n) is 11.8. The molecule has 0 radical (unpaired) electrons. The number of aryl methyl sites for hydroxylation is 1. The van der Waals surface area contributed by atoms with Crippen molar-refractivity contribution in [3.63, 3.8) is 0 Å². The Morgan fingerprint density at radius 1 is 1.55 bits per heavy atom. The summed E-state index contributed by atoms with van der Waals surface area (Å²) in [7, 11) is 0. The van der Waals surface area contributed by atoms with E-state index in [1.807, 2.05) is 0 Å². The average Bonchev–Trinajstić information content (AvgIpc) is 3.14. The molecule has 1 heterocycles. The Hall–Kier alpha value is -1.43. The Labute approximate surface area is 122 Å². The Bertz CT molecular complexity index is 496. The zero-order chi connectivity index (χ0) is 14.7. The van der Waals surface area contributed by atoms with Crippen molar-refractivity contribution in [2.45, 2.75) is 45.6 Å². The zero-order valence-corrected chi connectivity index (χ0v) is 12.7. The number of aliphatic carboxylic acids is 1. The second kappa shape index (κ2) is 6.35. The molecule has 1 amide bonds. The molecule has 1 N–H and O–H groups in total. The third-order valence-electron chi connectivity index (χ3n) is 3.37. The smallest absolute Gasteiger partial charge is 0.308 e. The van der Waals surface area contributed by atoms with Gasteiger partial charge in [0.15, 0.2) is 0 Å². The van der Waals surface area contributed by atoms with E-state index in [0.717, 1.165) is 30.7 Å². The first-order valence-corrected chi connectivity index (χ1v) is 7.83. The van der Waals surface area contributed by atoms with Gasteiger partial charge in [0.2, 0.25) is 0 Å². The van der Waals surface area contributed by atoms with E-state index < -0.39 is 11.9 Å². The fourth-order valence-electron chi connectivity index (χ4n) is 2.04. The average molecular weight is 296 g/mol. The first-order chi connectivity index (χ1) is 9.52. The predicted molar refractivity (Wildman–Crippen MR) is 77.0 cm³/mol. The number of nitrogens with zero attached hydrogens (tertiary/aromatic N) is 2. The third-order valence-corrected chi connectivity index (χ3v) is 4.41. The highest BCUT2D eigenvalue weighted by Gasteiger charge is 2.35. The molecule has 20 heavy (non-hydrogen) atoms. The Morgan fingerprint density at radius 2 is 2.25 bits per heavy atom. The number of carbonyl (C=O) groups excluding carboxylic acids is 1. The van der Waals surface area contributed by atoms with Crippen molar-refractivity contribution in [3.8, 4) is 0 Å². The molecule has 1 aliphatic carbocycles. The minimum Gasteiger partial charge on any atom is -0.481 e. The Morgan fingerprint density at radius 3 is 2.80 bits per heavy atom. The molecule has 0 saturated heterocycles. The number of carbonyl (C=O) groups is 2. The summed E-state index contributed by atoms with van der Waals surface area (Å²) in [6.45, 7) is 3.99. The van der Waals surface area contributed by atoms with E-state index in [2.05, 4.69) is 11.9 Å². The SMILES string of the molecule is CCCc1ncc(C(=O)N(CC(C)C(=O)O)C2CC2)s1. The minimum absolute atomic E-state index is 0.0690. The van der Waals surface area contributed by atoms with Crippen LogP contribution in [0.1, 0.15) is 47.8 Å². The van der Waals surface area contributed by atoms with Gasteiger partial charge >= 0.3 is 5.97 Å². The first-order valence-electron chi connectivity index (χ1n) is 7.01. The summed E-state index contributed by atoms with van der Waals surface area (Å²) in [4.78, 5) is 30.1. The van der Waals surface area contributed by atoms with Crippen molar-refractivity contribution in [1.82, 2.24) is 9.88 Å². The fourth-order valence-corrected chi connectivity index (χ4v) is 3.01. The van der Waals surface area contributed by atoms with Crippen LogP contribution in [-0.2, 0) is 11.2 Å². The van der Waals surface area contributed by atoms with Crippen LogP contribution in [0.3, 0.4) is 0 Å². The van der Waals surface area contributed by atoms with Crippen LogP contribution in [0, 0.1) is 5.92 Å². The van der Waals surface area contributed by atoms with Crippen LogP contribution >= 0.6 is 11.3 Å². The minimum atomic E-state index is -0.862. The highest BCUT2D eigenvalue weighted by Crippen LogP contribution is 2.30. The standard InChI is InChI=1S/C14H20N2O3S/c1-3-4-12-15-7-11(20-12)13(17)16(10-5-6-10)8-9(2)14(18)19/h7,9-10H,3-6,8H2,1-2H3,(H,18,19). The first kappa shape index (κ1) is 15.0.